The maximum absolute atomic E-state index is 6.28. The van der Waals surface area contributed by atoms with Crippen LogP contribution in [0.4, 0.5) is 34.1 Å². The number of benzene rings is 10. The van der Waals surface area contributed by atoms with Gasteiger partial charge < -0.3 is 14.2 Å². The van der Waals surface area contributed by atoms with Crippen molar-refractivity contribution in [1.82, 2.24) is 0 Å². The van der Waals surface area contributed by atoms with Crippen LogP contribution in [0.1, 0.15) is 0 Å². The van der Waals surface area contributed by atoms with Crippen molar-refractivity contribution in [3.8, 4) is 22.3 Å². The van der Waals surface area contributed by atoms with E-state index >= 15 is 0 Å². The fourth-order valence-electron chi connectivity index (χ4n) is 10.1. The molecule has 0 saturated carbocycles. The van der Waals surface area contributed by atoms with E-state index in [1.807, 2.05) is 12.1 Å². The largest absolute Gasteiger partial charge is 0.456 e. The summed E-state index contributed by atoms with van der Waals surface area (Å²) in [5, 5.41) is 10.2. The van der Waals surface area contributed by atoms with Crippen LogP contribution in [0.25, 0.3) is 65.7 Å². The Labute approximate surface area is 362 Å². The highest BCUT2D eigenvalue weighted by molar-refractivity contribution is 7.05. The van der Waals surface area contributed by atoms with Gasteiger partial charge >= 0.3 is 0 Å². The van der Waals surface area contributed by atoms with Crippen molar-refractivity contribution in [2.24, 2.45) is 0 Å². The average molecular weight is 811 g/mol. The number of fused-ring (bicyclic) bond motifs is 9. The quantitative estimate of drug-likeness (QED) is 0.150. The standard InChI is InChI=1S/C58H42N2OSi/c1-62(2)56-35-33-45(59(42-19-5-3-6-20-42)43-21-7-4-8-22-43)38-52(56)57-48-24-12-10-17-41(48)36-50(58(57)62)40-28-30-44(31-29-40)60(53-26-15-18-39-16-9-11-23-47(39)53)46-32-34-55-51(37-46)49-25-13-14-27-54(49)61-55/h3-38H,1-2H3. The highest BCUT2D eigenvalue weighted by Gasteiger charge is 2.41. The second-order valence-corrected chi connectivity index (χ2v) is 21.2. The van der Waals surface area contributed by atoms with Crippen LogP contribution in [-0.4, -0.2) is 8.07 Å². The Morgan fingerprint density at radius 3 is 1.69 bits per heavy atom. The predicted octanol–water partition coefficient (Wildman–Crippen LogP) is 15.3. The van der Waals surface area contributed by atoms with E-state index in [1.165, 1.54) is 54.2 Å². The molecule has 0 aliphatic carbocycles. The monoisotopic (exact) mass is 810 g/mol. The summed E-state index contributed by atoms with van der Waals surface area (Å²) in [5.74, 6) is 0. The van der Waals surface area contributed by atoms with Crippen molar-refractivity contribution in [1.29, 1.82) is 0 Å². The van der Waals surface area contributed by atoms with Gasteiger partial charge in [-0.25, -0.2) is 0 Å². The number of furan rings is 1. The lowest BCUT2D eigenvalue weighted by Crippen LogP contribution is -2.50. The zero-order chi connectivity index (χ0) is 41.4. The number of anilines is 6. The van der Waals surface area contributed by atoms with Crippen molar-refractivity contribution in [2.75, 3.05) is 9.80 Å². The molecule has 1 aromatic heterocycles. The molecule has 294 valence electrons. The van der Waals surface area contributed by atoms with Gasteiger partial charge in [-0.15, -0.1) is 0 Å². The van der Waals surface area contributed by atoms with E-state index in [0.717, 1.165) is 56.1 Å². The third kappa shape index (κ3) is 5.72. The van der Waals surface area contributed by atoms with E-state index in [1.54, 1.807) is 0 Å². The van der Waals surface area contributed by atoms with Crippen LogP contribution >= 0.6 is 0 Å². The lowest BCUT2D eigenvalue weighted by molar-refractivity contribution is 0.669. The highest BCUT2D eigenvalue weighted by Crippen LogP contribution is 2.45. The van der Waals surface area contributed by atoms with Crippen molar-refractivity contribution >= 4 is 96.1 Å². The first kappa shape index (κ1) is 36.2. The van der Waals surface area contributed by atoms with Crippen molar-refractivity contribution in [3.63, 3.8) is 0 Å². The highest BCUT2D eigenvalue weighted by atomic mass is 28.3. The Hall–Kier alpha value is -7.66. The van der Waals surface area contributed by atoms with Crippen LogP contribution in [0.15, 0.2) is 223 Å². The molecule has 11 aromatic rings. The van der Waals surface area contributed by atoms with Gasteiger partial charge in [0.25, 0.3) is 0 Å². The molecule has 1 aliphatic rings. The maximum atomic E-state index is 6.28. The number of hydrogen-bond donors (Lipinski definition) is 0. The van der Waals surface area contributed by atoms with Gasteiger partial charge in [0.1, 0.15) is 19.2 Å². The molecular weight excluding hydrogens is 769 g/mol. The van der Waals surface area contributed by atoms with Crippen LogP contribution in [0.5, 0.6) is 0 Å². The van der Waals surface area contributed by atoms with Gasteiger partial charge in [-0.05, 0) is 134 Å². The zero-order valence-corrected chi connectivity index (χ0v) is 35.6. The molecule has 62 heavy (non-hydrogen) atoms. The van der Waals surface area contributed by atoms with E-state index in [-0.39, 0.29) is 0 Å². The fourth-order valence-corrected chi connectivity index (χ4v) is 13.6. The normalized spacial score (nSPS) is 12.8. The Bertz CT molecular complexity index is 3460. The van der Waals surface area contributed by atoms with Gasteiger partial charge in [-0.1, -0.05) is 147 Å². The Kier molecular flexibility index (Phi) is 8.31. The molecule has 3 nitrogen and oxygen atoms in total. The second-order valence-electron chi connectivity index (χ2n) is 16.9. The molecule has 0 spiro atoms. The molecule has 1 aliphatic heterocycles. The first-order valence-corrected chi connectivity index (χ1v) is 24.4. The van der Waals surface area contributed by atoms with E-state index < -0.39 is 8.07 Å². The molecule has 0 N–H and O–H groups in total. The molecule has 0 amide bonds. The Balaban J connectivity index is 1.03. The minimum atomic E-state index is -2.19. The van der Waals surface area contributed by atoms with E-state index in [0.29, 0.717) is 0 Å². The molecular formula is C58H42N2OSi. The average Bonchev–Trinajstić information content (AvgIpc) is 3.81. The first-order valence-electron chi connectivity index (χ1n) is 21.4. The summed E-state index contributed by atoms with van der Waals surface area (Å²) in [6.07, 6.45) is 0. The Morgan fingerprint density at radius 1 is 0.371 bits per heavy atom. The number of nitrogens with zero attached hydrogens (tertiary/aromatic N) is 2. The third-order valence-electron chi connectivity index (χ3n) is 13.0. The number of para-hydroxylation sites is 3. The maximum Gasteiger partial charge on any atom is 0.135 e. The first-order chi connectivity index (χ1) is 30.5. The second kappa shape index (κ2) is 14.2. The van der Waals surface area contributed by atoms with Crippen molar-refractivity contribution in [2.45, 2.75) is 13.1 Å². The molecule has 0 fully saturated rings. The molecule has 0 bridgehead atoms. The van der Waals surface area contributed by atoms with Crippen LogP contribution in [0.3, 0.4) is 0 Å². The lowest BCUT2D eigenvalue weighted by atomic mass is 9.92. The lowest BCUT2D eigenvalue weighted by Gasteiger charge is -2.28. The van der Waals surface area contributed by atoms with Gasteiger partial charge in [0.2, 0.25) is 0 Å². The minimum absolute atomic E-state index is 0.890. The predicted molar refractivity (Wildman–Crippen MR) is 266 cm³/mol. The Morgan fingerprint density at radius 2 is 0.935 bits per heavy atom. The molecule has 12 rings (SSSR count). The summed E-state index contributed by atoms with van der Waals surface area (Å²) in [5.41, 5.74) is 13.8. The summed E-state index contributed by atoms with van der Waals surface area (Å²) in [7, 11) is -2.19. The third-order valence-corrected chi connectivity index (χ3v) is 16.5. The van der Waals surface area contributed by atoms with Gasteiger partial charge in [-0.3, -0.25) is 0 Å². The van der Waals surface area contributed by atoms with Gasteiger partial charge in [0.15, 0.2) is 0 Å². The fraction of sp³-hybridized carbons (Fsp3) is 0.0345. The van der Waals surface area contributed by atoms with E-state index in [4.69, 9.17) is 4.42 Å². The summed E-state index contributed by atoms with van der Waals surface area (Å²) in [6, 6.07) is 79.5. The molecule has 0 atom stereocenters. The summed E-state index contributed by atoms with van der Waals surface area (Å²) < 4.78 is 6.28. The molecule has 4 heteroatoms. The van der Waals surface area contributed by atoms with Crippen molar-refractivity contribution < 1.29 is 4.42 Å². The minimum Gasteiger partial charge on any atom is -0.456 e. The molecule has 0 radical (unpaired) electrons. The van der Waals surface area contributed by atoms with Gasteiger partial charge in [0.05, 0.1) is 5.69 Å². The van der Waals surface area contributed by atoms with Gasteiger partial charge in [0, 0.05) is 44.6 Å². The van der Waals surface area contributed by atoms with Crippen molar-refractivity contribution in [3.05, 3.63) is 218 Å². The number of hydrogen-bond acceptors (Lipinski definition) is 3. The SMILES string of the molecule is C[Si]1(C)c2ccc(N(c3ccccc3)c3ccccc3)cc2-c2c1c(-c1ccc(N(c3ccc4oc5ccccc5c4c3)c3cccc4ccccc34)cc1)cc1ccccc21. The summed E-state index contributed by atoms with van der Waals surface area (Å²) in [6.45, 7) is 5.07. The van der Waals surface area contributed by atoms with Crippen LogP contribution < -0.4 is 20.2 Å². The summed E-state index contributed by atoms with van der Waals surface area (Å²) >= 11 is 0. The van der Waals surface area contributed by atoms with Crippen LogP contribution in [-0.2, 0) is 0 Å². The van der Waals surface area contributed by atoms with Crippen LogP contribution in [0, 0.1) is 0 Å². The van der Waals surface area contributed by atoms with Crippen LogP contribution in [0.2, 0.25) is 13.1 Å². The molecule has 0 saturated heterocycles. The van der Waals surface area contributed by atoms with Gasteiger partial charge in [-0.2, -0.15) is 0 Å². The number of rotatable bonds is 7. The summed E-state index contributed by atoms with van der Waals surface area (Å²) in [4.78, 5) is 4.78. The molecule has 10 aromatic carbocycles. The molecule has 2 heterocycles. The molecule has 0 unspecified atom stereocenters. The zero-order valence-electron chi connectivity index (χ0n) is 34.6. The van der Waals surface area contributed by atoms with E-state index in [2.05, 4.69) is 229 Å². The van der Waals surface area contributed by atoms with E-state index in [9.17, 15) is 0 Å². The topological polar surface area (TPSA) is 19.6 Å². The smallest absolute Gasteiger partial charge is 0.135 e.